The van der Waals surface area contributed by atoms with E-state index in [2.05, 4.69) is 20.1 Å². The molecule has 2 aromatic heterocycles. The number of anilines is 2. The van der Waals surface area contributed by atoms with Gasteiger partial charge in [-0.2, -0.15) is 5.10 Å². The SMILES string of the molecule is COc1c(NC(=O)c2ccc(C)c(-n3cc(-c4cncn4C)cn3)c2)cc(C(C)(C)C)cc1NS(C)(=O)=O. The van der Waals surface area contributed by atoms with Crippen LogP contribution in [0.4, 0.5) is 11.4 Å². The lowest BCUT2D eigenvalue weighted by molar-refractivity contribution is 0.102. The Hall–Kier alpha value is -4.12. The number of hydrogen-bond acceptors (Lipinski definition) is 6. The third-order valence-corrected chi connectivity index (χ3v) is 6.71. The van der Waals surface area contributed by atoms with Gasteiger partial charge in [0.15, 0.2) is 5.75 Å². The van der Waals surface area contributed by atoms with Crippen LogP contribution in [0.5, 0.6) is 5.75 Å². The van der Waals surface area contributed by atoms with E-state index in [4.69, 9.17) is 4.74 Å². The summed E-state index contributed by atoms with van der Waals surface area (Å²) in [6.45, 7) is 7.95. The Balaban J connectivity index is 1.71. The smallest absolute Gasteiger partial charge is 0.255 e. The zero-order valence-electron chi connectivity index (χ0n) is 22.5. The molecule has 0 unspecified atom stereocenters. The molecule has 11 heteroatoms. The second-order valence-corrected chi connectivity index (χ2v) is 12.0. The first kappa shape index (κ1) is 26.9. The van der Waals surface area contributed by atoms with Crippen LogP contribution in [-0.4, -0.2) is 47.0 Å². The summed E-state index contributed by atoms with van der Waals surface area (Å²) in [6.07, 6.45) is 8.20. The van der Waals surface area contributed by atoms with Crippen LogP contribution in [0.15, 0.2) is 55.2 Å². The molecule has 0 spiro atoms. The molecule has 4 rings (SSSR count). The number of ether oxygens (including phenoxy) is 1. The predicted octanol–water partition coefficient (Wildman–Crippen LogP) is 4.51. The number of carbonyl (C=O) groups excluding carboxylic acids is 1. The maximum atomic E-state index is 13.4. The molecular weight excluding hydrogens is 504 g/mol. The second-order valence-electron chi connectivity index (χ2n) is 10.2. The molecule has 0 saturated heterocycles. The van der Waals surface area contributed by atoms with Gasteiger partial charge >= 0.3 is 0 Å². The van der Waals surface area contributed by atoms with Crippen molar-refractivity contribution in [3.05, 3.63) is 71.9 Å². The first-order valence-corrected chi connectivity index (χ1v) is 13.8. The van der Waals surface area contributed by atoms with Crippen molar-refractivity contribution < 1.29 is 17.9 Å². The highest BCUT2D eigenvalue weighted by Crippen LogP contribution is 2.39. The number of aromatic nitrogens is 4. The summed E-state index contributed by atoms with van der Waals surface area (Å²) in [5.41, 5.74) is 5.03. The molecule has 38 heavy (non-hydrogen) atoms. The Bertz CT molecular complexity index is 1610. The molecule has 10 nitrogen and oxygen atoms in total. The molecule has 0 fully saturated rings. The van der Waals surface area contributed by atoms with E-state index in [1.807, 2.05) is 51.6 Å². The lowest BCUT2D eigenvalue weighted by atomic mass is 9.86. The highest BCUT2D eigenvalue weighted by atomic mass is 32.2. The standard InChI is InChI=1S/C27H32N6O4S/c1-17-8-9-18(10-23(17)33-15-19(13-29-33)24-14-28-16-32(24)5)26(34)30-21-11-20(27(2,3)4)12-22(25(21)37-6)31-38(7,35)36/h8-16,31H,1-7H3,(H,30,34). The molecule has 0 radical (unpaired) electrons. The molecule has 0 bridgehead atoms. The van der Waals surface area contributed by atoms with Crippen molar-refractivity contribution in [1.29, 1.82) is 0 Å². The average molecular weight is 537 g/mol. The highest BCUT2D eigenvalue weighted by molar-refractivity contribution is 7.92. The number of benzene rings is 2. The number of hydrogen-bond donors (Lipinski definition) is 2. The molecule has 2 heterocycles. The van der Waals surface area contributed by atoms with Crippen LogP contribution in [0.1, 0.15) is 42.3 Å². The first-order chi connectivity index (χ1) is 17.8. The van der Waals surface area contributed by atoms with Gasteiger partial charge in [0.1, 0.15) is 0 Å². The molecular formula is C27H32N6O4S. The Kier molecular flexibility index (Phi) is 7.07. The zero-order chi connectivity index (χ0) is 27.8. The number of amides is 1. The van der Waals surface area contributed by atoms with Crippen LogP contribution < -0.4 is 14.8 Å². The number of rotatable bonds is 7. The highest BCUT2D eigenvalue weighted by Gasteiger charge is 2.23. The number of aryl methyl sites for hydroxylation is 2. The van der Waals surface area contributed by atoms with Crippen LogP contribution in [0.3, 0.4) is 0 Å². The lowest BCUT2D eigenvalue weighted by Gasteiger charge is -2.24. The summed E-state index contributed by atoms with van der Waals surface area (Å²) in [4.78, 5) is 17.6. The van der Waals surface area contributed by atoms with E-state index < -0.39 is 10.0 Å². The van der Waals surface area contributed by atoms with Crippen molar-refractivity contribution in [2.45, 2.75) is 33.1 Å². The molecule has 0 aliphatic carbocycles. The fourth-order valence-electron chi connectivity index (χ4n) is 4.06. The maximum absolute atomic E-state index is 13.4. The van der Waals surface area contributed by atoms with E-state index in [0.29, 0.717) is 11.3 Å². The van der Waals surface area contributed by atoms with Crippen molar-refractivity contribution in [2.75, 3.05) is 23.4 Å². The first-order valence-electron chi connectivity index (χ1n) is 11.9. The van der Waals surface area contributed by atoms with Crippen LogP contribution in [0.2, 0.25) is 0 Å². The van der Waals surface area contributed by atoms with Crippen LogP contribution >= 0.6 is 0 Å². The summed E-state index contributed by atoms with van der Waals surface area (Å²) in [6, 6.07) is 8.87. The molecule has 0 atom stereocenters. The number of methoxy groups -OCH3 is 1. The fraction of sp³-hybridized carbons (Fsp3) is 0.296. The maximum Gasteiger partial charge on any atom is 0.255 e. The van der Waals surface area contributed by atoms with E-state index in [1.165, 1.54) is 7.11 Å². The quantitative estimate of drug-likeness (QED) is 0.359. The Morgan fingerprint density at radius 1 is 1.08 bits per heavy atom. The second kappa shape index (κ2) is 9.97. The number of nitrogens with zero attached hydrogens (tertiary/aromatic N) is 4. The van der Waals surface area contributed by atoms with Gasteiger partial charge in [0, 0.05) is 24.4 Å². The van der Waals surface area contributed by atoms with Gasteiger partial charge in [0.2, 0.25) is 10.0 Å². The van der Waals surface area contributed by atoms with Crippen LogP contribution in [-0.2, 0) is 22.5 Å². The molecule has 2 aromatic carbocycles. The Morgan fingerprint density at radius 3 is 2.39 bits per heavy atom. The fourth-order valence-corrected chi connectivity index (χ4v) is 4.62. The van der Waals surface area contributed by atoms with Gasteiger partial charge in [-0.3, -0.25) is 9.52 Å². The summed E-state index contributed by atoms with van der Waals surface area (Å²) < 4.78 is 35.7. The number of sulfonamides is 1. The van der Waals surface area contributed by atoms with Gasteiger partial charge in [-0.1, -0.05) is 26.8 Å². The van der Waals surface area contributed by atoms with E-state index in [1.54, 1.807) is 47.7 Å². The normalized spacial score (nSPS) is 11.9. The number of nitrogens with one attached hydrogen (secondary N) is 2. The van der Waals surface area contributed by atoms with Gasteiger partial charge in [-0.15, -0.1) is 0 Å². The van der Waals surface area contributed by atoms with Gasteiger partial charge in [0.05, 0.1) is 54.8 Å². The Morgan fingerprint density at radius 2 is 1.79 bits per heavy atom. The van der Waals surface area contributed by atoms with Gasteiger partial charge in [-0.05, 0) is 47.7 Å². The minimum atomic E-state index is -3.59. The topological polar surface area (TPSA) is 120 Å². The van der Waals surface area contributed by atoms with E-state index >= 15 is 0 Å². The number of imidazole rings is 1. The van der Waals surface area contributed by atoms with Crippen molar-refractivity contribution >= 4 is 27.3 Å². The third-order valence-electron chi connectivity index (χ3n) is 6.12. The van der Waals surface area contributed by atoms with E-state index in [9.17, 15) is 13.2 Å². The van der Waals surface area contributed by atoms with Crippen molar-refractivity contribution in [2.24, 2.45) is 7.05 Å². The minimum Gasteiger partial charge on any atom is -0.492 e. The summed E-state index contributed by atoms with van der Waals surface area (Å²) in [7, 11) is -0.246. The van der Waals surface area contributed by atoms with Gasteiger partial charge in [-0.25, -0.2) is 18.1 Å². The van der Waals surface area contributed by atoms with Crippen molar-refractivity contribution in [3.8, 4) is 22.7 Å². The minimum absolute atomic E-state index is 0.219. The molecule has 0 aliphatic rings. The zero-order valence-corrected chi connectivity index (χ0v) is 23.3. The summed E-state index contributed by atoms with van der Waals surface area (Å²) in [5.74, 6) is -0.156. The third kappa shape index (κ3) is 5.72. The largest absolute Gasteiger partial charge is 0.492 e. The monoisotopic (exact) mass is 536 g/mol. The summed E-state index contributed by atoms with van der Waals surface area (Å²) >= 11 is 0. The summed E-state index contributed by atoms with van der Waals surface area (Å²) in [5, 5.41) is 7.41. The average Bonchev–Trinajstić information content (AvgIpc) is 3.46. The molecule has 1 amide bonds. The molecule has 4 aromatic rings. The molecule has 2 N–H and O–H groups in total. The van der Waals surface area contributed by atoms with Gasteiger partial charge in [0.25, 0.3) is 5.91 Å². The van der Waals surface area contributed by atoms with E-state index in [-0.39, 0.29) is 22.8 Å². The predicted molar refractivity (Wildman–Crippen MR) is 149 cm³/mol. The number of carbonyl (C=O) groups is 1. The molecule has 0 aliphatic heterocycles. The van der Waals surface area contributed by atoms with Crippen LogP contribution in [0, 0.1) is 6.92 Å². The lowest BCUT2D eigenvalue weighted by Crippen LogP contribution is -2.18. The van der Waals surface area contributed by atoms with Crippen molar-refractivity contribution in [3.63, 3.8) is 0 Å². The van der Waals surface area contributed by atoms with Gasteiger partial charge < -0.3 is 14.6 Å². The molecule has 0 saturated carbocycles. The van der Waals surface area contributed by atoms with Crippen molar-refractivity contribution in [1.82, 2.24) is 19.3 Å². The molecule has 200 valence electrons. The van der Waals surface area contributed by atoms with E-state index in [0.717, 1.165) is 34.3 Å². The van der Waals surface area contributed by atoms with Crippen LogP contribution in [0.25, 0.3) is 16.9 Å². The Labute approximate surface area is 222 Å².